The minimum atomic E-state index is -1.11. The Morgan fingerprint density at radius 2 is 2.26 bits per heavy atom. The zero-order valence-corrected chi connectivity index (χ0v) is 11.0. The zero-order chi connectivity index (χ0) is 14.0. The van der Waals surface area contributed by atoms with E-state index in [1.165, 1.54) is 6.07 Å². The molecule has 1 aromatic rings. The quantitative estimate of drug-likeness (QED) is 0.900. The Bertz CT molecular complexity index is 481. The van der Waals surface area contributed by atoms with Gasteiger partial charge in [0.2, 0.25) is 0 Å². The molecular weight excluding hydrogens is 250 g/mol. The number of furan rings is 1. The second kappa shape index (κ2) is 5.44. The van der Waals surface area contributed by atoms with Gasteiger partial charge in [-0.05, 0) is 13.3 Å². The van der Waals surface area contributed by atoms with Crippen molar-refractivity contribution in [1.82, 2.24) is 4.90 Å². The van der Waals surface area contributed by atoms with Crippen molar-refractivity contribution in [2.24, 2.45) is 0 Å². The van der Waals surface area contributed by atoms with E-state index >= 15 is 0 Å². The summed E-state index contributed by atoms with van der Waals surface area (Å²) in [5.74, 6) is -1.33. The molecule has 1 amide bonds. The van der Waals surface area contributed by atoms with Crippen LogP contribution in [0.25, 0.3) is 0 Å². The van der Waals surface area contributed by atoms with Crippen LogP contribution < -0.4 is 0 Å². The van der Waals surface area contributed by atoms with Crippen molar-refractivity contribution in [3.63, 3.8) is 0 Å². The SMILES string of the molecule is CCC1COC(C)CN1C(=O)c1cc(C(=O)O)co1. The molecule has 6 heteroatoms. The molecule has 1 aliphatic rings. The molecule has 1 aromatic heterocycles. The summed E-state index contributed by atoms with van der Waals surface area (Å²) in [5.41, 5.74) is -0.0160. The van der Waals surface area contributed by atoms with Gasteiger partial charge in [-0.2, -0.15) is 0 Å². The Morgan fingerprint density at radius 1 is 1.53 bits per heavy atom. The summed E-state index contributed by atoms with van der Waals surface area (Å²) in [6.45, 7) is 4.86. The van der Waals surface area contributed by atoms with Crippen LogP contribution in [-0.4, -0.2) is 47.2 Å². The van der Waals surface area contributed by atoms with E-state index < -0.39 is 5.97 Å². The molecule has 1 aliphatic heterocycles. The van der Waals surface area contributed by atoms with Crippen molar-refractivity contribution in [2.75, 3.05) is 13.2 Å². The molecule has 19 heavy (non-hydrogen) atoms. The Hall–Kier alpha value is -1.82. The lowest BCUT2D eigenvalue weighted by Gasteiger charge is -2.37. The van der Waals surface area contributed by atoms with E-state index in [1.54, 1.807) is 4.90 Å². The summed E-state index contributed by atoms with van der Waals surface area (Å²) in [7, 11) is 0. The first kappa shape index (κ1) is 13.6. The third-order valence-electron chi connectivity index (χ3n) is 3.26. The van der Waals surface area contributed by atoms with Gasteiger partial charge in [-0.25, -0.2) is 4.79 Å². The summed E-state index contributed by atoms with van der Waals surface area (Å²) < 4.78 is 10.6. The normalized spacial score (nSPS) is 23.4. The van der Waals surface area contributed by atoms with Crippen LogP contribution in [0.3, 0.4) is 0 Å². The lowest BCUT2D eigenvalue weighted by Crippen LogP contribution is -2.51. The van der Waals surface area contributed by atoms with Gasteiger partial charge in [-0.15, -0.1) is 0 Å². The van der Waals surface area contributed by atoms with Crippen LogP contribution in [0.15, 0.2) is 16.7 Å². The smallest absolute Gasteiger partial charge is 0.338 e. The molecule has 2 rings (SSSR count). The highest BCUT2D eigenvalue weighted by Crippen LogP contribution is 2.19. The van der Waals surface area contributed by atoms with Gasteiger partial charge in [-0.1, -0.05) is 6.92 Å². The van der Waals surface area contributed by atoms with Gasteiger partial charge in [0.15, 0.2) is 5.76 Å². The third kappa shape index (κ3) is 2.78. The van der Waals surface area contributed by atoms with Gasteiger partial charge >= 0.3 is 5.97 Å². The number of aromatic carboxylic acids is 1. The molecule has 0 aromatic carbocycles. The molecule has 2 unspecified atom stereocenters. The minimum absolute atomic E-state index is 0.00192. The lowest BCUT2D eigenvalue weighted by molar-refractivity contribution is -0.0453. The summed E-state index contributed by atoms with van der Waals surface area (Å²) >= 11 is 0. The van der Waals surface area contributed by atoms with Crippen molar-refractivity contribution in [3.05, 3.63) is 23.7 Å². The average Bonchev–Trinajstić information content (AvgIpc) is 2.87. The first-order chi connectivity index (χ1) is 9.02. The topological polar surface area (TPSA) is 80.0 Å². The minimum Gasteiger partial charge on any atom is -0.478 e. The monoisotopic (exact) mass is 267 g/mol. The number of hydrogen-bond donors (Lipinski definition) is 1. The van der Waals surface area contributed by atoms with Crippen LogP contribution in [0, 0.1) is 0 Å². The predicted molar refractivity (Wildman–Crippen MR) is 66.2 cm³/mol. The van der Waals surface area contributed by atoms with Crippen LogP contribution in [0.1, 0.15) is 41.2 Å². The van der Waals surface area contributed by atoms with Crippen molar-refractivity contribution in [2.45, 2.75) is 32.4 Å². The van der Waals surface area contributed by atoms with Crippen LogP contribution >= 0.6 is 0 Å². The molecule has 0 spiro atoms. The second-order valence-corrected chi connectivity index (χ2v) is 4.67. The van der Waals surface area contributed by atoms with Gasteiger partial charge in [0.25, 0.3) is 5.91 Å². The summed E-state index contributed by atoms with van der Waals surface area (Å²) in [4.78, 5) is 24.8. The van der Waals surface area contributed by atoms with E-state index in [2.05, 4.69) is 0 Å². The molecule has 6 nitrogen and oxygen atoms in total. The summed E-state index contributed by atoms with van der Waals surface area (Å²) in [6.07, 6.45) is 1.84. The van der Waals surface area contributed by atoms with E-state index in [-0.39, 0.29) is 29.4 Å². The van der Waals surface area contributed by atoms with Crippen molar-refractivity contribution in [3.8, 4) is 0 Å². The van der Waals surface area contributed by atoms with Crippen molar-refractivity contribution < 1.29 is 23.8 Å². The number of carboxylic acids is 1. The molecule has 0 bridgehead atoms. The van der Waals surface area contributed by atoms with Gasteiger partial charge in [0, 0.05) is 12.6 Å². The molecule has 0 radical (unpaired) electrons. The number of rotatable bonds is 3. The zero-order valence-electron chi connectivity index (χ0n) is 11.0. The van der Waals surface area contributed by atoms with Crippen LogP contribution in [0.2, 0.25) is 0 Å². The fourth-order valence-corrected chi connectivity index (χ4v) is 2.13. The van der Waals surface area contributed by atoms with E-state index in [1.807, 2.05) is 13.8 Å². The second-order valence-electron chi connectivity index (χ2n) is 4.67. The van der Waals surface area contributed by atoms with E-state index in [9.17, 15) is 9.59 Å². The van der Waals surface area contributed by atoms with E-state index in [0.29, 0.717) is 13.2 Å². The number of morpholine rings is 1. The number of carbonyl (C=O) groups excluding carboxylic acids is 1. The average molecular weight is 267 g/mol. The van der Waals surface area contributed by atoms with Crippen molar-refractivity contribution >= 4 is 11.9 Å². The largest absolute Gasteiger partial charge is 0.478 e. The highest BCUT2D eigenvalue weighted by Gasteiger charge is 2.31. The molecule has 104 valence electrons. The van der Waals surface area contributed by atoms with Gasteiger partial charge in [0.05, 0.1) is 24.3 Å². The van der Waals surface area contributed by atoms with Crippen LogP contribution in [-0.2, 0) is 4.74 Å². The predicted octanol–water partition coefficient (Wildman–Crippen LogP) is 1.62. The molecule has 1 saturated heterocycles. The molecular formula is C13H17NO5. The highest BCUT2D eigenvalue weighted by molar-refractivity contribution is 5.95. The van der Waals surface area contributed by atoms with Gasteiger partial charge in [-0.3, -0.25) is 4.79 Å². The molecule has 1 fully saturated rings. The Kier molecular flexibility index (Phi) is 3.90. The van der Waals surface area contributed by atoms with Crippen LogP contribution in [0.5, 0.6) is 0 Å². The van der Waals surface area contributed by atoms with Gasteiger partial charge in [0.1, 0.15) is 6.26 Å². The number of carboxylic acid groups (broad SMARTS) is 1. The highest BCUT2D eigenvalue weighted by atomic mass is 16.5. The number of ether oxygens (including phenoxy) is 1. The maximum atomic E-state index is 12.3. The molecule has 2 atom stereocenters. The molecule has 2 heterocycles. The standard InChI is InChI=1S/C13H17NO5/c1-3-10-7-18-8(2)5-14(10)12(15)11-4-9(6-19-11)13(16)17/h4,6,8,10H,3,5,7H2,1-2H3,(H,16,17). The fraction of sp³-hybridized carbons (Fsp3) is 0.538. The summed E-state index contributed by atoms with van der Waals surface area (Å²) in [5, 5.41) is 8.83. The number of nitrogens with zero attached hydrogens (tertiary/aromatic N) is 1. The third-order valence-corrected chi connectivity index (χ3v) is 3.26. The van der Waals surface area contributed by atoms with Crippen molar-refractivity contribution in [1.29, 1.82) is 0 Å². The first-order valence-corrected chi connectivity index (χ1v) is 6.27. The van der Waals surface area contributed by atoms with Crippen LogP contribution in [0.4, 0.5) is 0 Å². The Labute approximate surface area is 110 Å². The number of amides is 1. The molecule has 0 saturated carbocycles. The Balaban J connectivity index is 2.18. The number of hydrogen-bond acceptors (Lipinski definition) is 4. The fourth-order valence-electron chi connectivity index (χ4n) is 2.13. The first-order valence-electron chi connectivity index (χ1n) is 6.27. The van der Waals surface area contributed by atoms with E-state index in [0.717, 1.165) is 12.7 Å². The maximum Gasteiger partial charge on any atom is 0.338 e. The van der Waals surface area contributed by atoms with E-state index in [4.69, 9.17) is 14.3 Å². The maximum absolute atomic E-state index is 12.3. The molecule has 1 N–H and O–H groups in total. The number of carbonyl (C=O) groups is 2. The summed E-state index contributed by atoms with van der Waals surface area (Å²) in [6, 6.07) is 1.26. The molecule has 0 aliphatic carbocycles. The Morgan fingerprint density at radius 3 is 2.84 bits per heavy atom. The lowest BCUT2D eigenvalue weighted by atomic mass is 10.1. The van der Waals surface area contributed by atoms with Gasteiger partial charge < -0.3 is 19.2 Å².